The smallest absolute Gasteiger partial charge is 0.265 e. The first kappa shape index (κ1) is 17.8. The Morgan fingerprint density at radius 3 is 2.23 bits per heavy atom. The van der Waals surface area contributed by atoms with E-state index in [0.29, 0.717) is 5.75 Å². The van der Waals surface area contributed by atoms with Crippen LogP contribution < -0.4 is 14.4 Å². The minimum Gasteiger partial charge on any atom is -0.497 e. The average molecular weight is 349 g/mol. The molecule has 3 aromatic rings. The normalized spacial score (nSPS) is 10.8. The second-order valence-corrected chi connectivity index (χ2v) is 6.36. The molecule has 0 aliphatic heterocycles. The molecule has 0 saturated heterocycles. The quantitative estimate of drug-likeness (QED) is 0.649. The van der Waals surface area contributed by atoms with Crippen LogP contribution in [0.5, 0.6) is 11.5 Å². The van der Waals surface area contributed by atoms with Gasteiger partial charge in [-0.1, -0.05) is 30.3 Å². The van der Waals surface area contributed by atoms with Gasteiger partial charge in [0, 0.05) is 11.7 Å². The monoisotopic (exact) mass is 349 g/mol. The van der Waals surface area contributed by atoms with E-state index in [9.17, 15) is 4.79 Å². The van der Waals surface area contributed by atoms with Gasteiger partial charge in [0.1, 0.15) is 11.5 Å². The first-order valence-corrected chi connectivity index (χ1v) is 8.66. The van der Waals surface area contributed by atoms with E-state index >= 15 is 0 Å². The molecular formula is C22H23NO3. The van der Waals surface area contributed by atoms with Gasteiger partial charge in [-0.25, -0.2) is 0 Å². The minimum atomic E-state index is -0.0723. The second-order valence-electron chi connectivity index (χ2n) is 6.36. The number of hydrogen-bond acceptors (Lipinski definition) is 3. The van der Waals surface area contributed by atoms with Crippen molar-refractivity contribution in [2.24, 2.45) is 0 Å². The van der Waals surface area contributed by atoms with E-state index in [2.05, 4.69) is 0 Å². The summed E-state index contributed by atoms with van der Waals surface area (Å²) in [5.74, 6) is 1.38. The molecule has 0 aliphatic carbocycles. The van der Waals surface area contributed by atoms with Gasteiger partial charge in [0.2, 0.25) is 0 Å². The van der Waals surface area contributed by atoms with Crippen LogP contribution in [0.4, 0.5) is 5.69 Å². The van der Waals surface area contributed by atoms with E-state index in [4.69, 9.17) is 9.47 Å². The second kappa shape index (κ2) is 7.91. The average Bonchev–Trinajstić information content (AvgIpc) is 2.66. The Balaban J connectivity index is 1.74. The number of rotatable bonds is 6. The van der Waals surface area contributed by atoms with E-state index in [0.717, 1.165) is 22.2 Å². The summed E-state index contributed by atoms with van der Waals surface area (Å²) >= 11 is 0. The van der Waals surface area contributed by atoms with Crippen LogP contribution in [0.15, 0.2) is 66.7 Å². The van der Waals surface area contributed by atoms with E-state index in [1.165, 1.54) is 0 Å². The molecule has 4 nitrogen and oxygen atoms in total. The third-order valence-electron chi connectivity index (χ3n) is 4.20. The number of para-hydroxylation sites is 1. The Bertz CT molecular complexity index is 890. The SMILES string of the molecule is COc1ccc2ccc(OCC(=O)N(c3ccccc3)C(C)C)cc2c1. The summed E-state index contributed by atoms with van der Waals surface area (Å²) in [6.45, 7) is 3.98. The zero-order valence-electron chi connectivity index (χ0n) is 15.3. The molecule has 0 N–H and O–H groups in total. The Kier molecular flexibility index (Phi) is 5.42. The minimum absolute atomic E-state index is 0.0114. The molecule has 1 amide bonds. The number of carbonyl (C=O) groups is 1. The molecular weight excluding hydrogens is 326 g/mol. The summed E-state index contributed by atoms with van der Waals surface area (Å²) in [5, 5.41) is 2.11. The predicted octanol–water partition coefficient (Wildman–Crippen LogP) is 4.67. The fourth-order valence-electron chi connectivity index (χ4n) is 2.95. The van der Waals surface area contributed by atoms with Gasteiger partial charge in [-0.15, -0.1) is 0 Å². The standard InChI is InChI=1S/C22H23NO3/c1-16(2)23(19-7-5-4-6-8-19)22(24)15-26-21-12-10-17-9-11-20(25-3)13-18(17)14-21/h4-14,16H,15H2,1-3H3. The first-order chi connectivity index (χ1) is 12.6. The summed E-state index contributed by atoms with van der Waals surface area (Å²) in [6, 6.07) is 21.4. The van der Waals surface area contributed by atoms with Crippen LogP contribution >= 0.6 is 0 Å². The number of ether oxygens (including phenoxy) is 2. The van der Waals surface area contributed by atoms with Gasteiger partial charge in [0.05, 0.1) is 7.11 Å². The molecule has 0 atom stereocenters. The molecule has 0 bridgehead atoms. The highest BCUT2D eigenvalue weighted by Crippen LogP contribution is 2.25. The number of amides is 1. The molecule has 0 spiro atoms. The van der Waals surface area contributed by atoms with Crippen molar-refractivity contribution in [3.8, 4) is 11.5 Å². The number of fused-ring (bicyclic) bond motifs is 1. The molecule has 3 rings (SSSR count). The van der Waals surface area contributed by atoms with Crippen molar-refractivity contribution < 1.29 is 14.3 Å². The molecule has 0 fully saturated rings. The molecule has 0 heterocycles. The summed E-state index contributed by atoms with van der Waals surface area (Å²) < 4.78 is 11.0. The van der Waals surface area contributed by atoms with Gasteiger partial charge in [-0.2, -0.15) is 0 Å². The third kappa shape index (κ3) is 3.97. The lowest BCUT2D eigenvalue weighted by molar-refractivity contribution is -0.120. The molecule has 134 valence electrons. The number of benzene rings is 3. The van der Waals surface area contributed by atoms with Gasteiger partial charge < -0.3 is 14.4 Å². The van der Waals surface area contributed by atoms with Crippen molar-refractivity contribution in [3.63, 3.8) is 0 Å². The molecule has 3 aromatic carbocycles. The van der Waals surface area contributed by atoms with Gasteiger partial charge in [-0.3, -0.25) is 4.79 Å². The van der Waals surface area contributed by atoms with Crippen LogP contribution in [0.2, 0.25) is 0 Å². The number of anilines is 1. The zero-order chi connectivity index (χ0) is 18.5. The van der Waals surface area contributed by atoms with E-state index in [1.54, 1.807) is 12.0 Å². The van der Waals surface area contributed by atoms with E-state index < -0.39 is 0 Å². The summed E-state index contributed by atoms with van der Waals surface area (Å²) in [6.07, 6.45) is 0. The van der Waals surface area contributed by atoms with Crippen molar-refractivity contribution in [2.75, 3.05) is 18.6 Å². The molecule has 0 unspecified atom stereocenters. The molecule has 0 saturated carbocycles. The number of carbonyl (C=O) groups excluding carboxylic acids is 1. The van der Waals surface area contributed by atoms with Crippen molar-refractivity contribution in [1.82, 2.24) is 0 Å². The van der Waals surface area contributed by atoms with Crippen LogP contribution in [-0.2, 0) is 4.79 Å². The van der Waals surface area contributed by atoms with Crippen molar-refractivity contribution in [1.29, 1.82) is 0 Å². The predicted molar refractivity (Wildman–Crippen MR) is 105 cm³/mol. The lowest BCUT2D eigenvalue weighted by atomic mass is 10.1. The Labute approximate surface area is 154 Å². The molecule has 0 aliphatic rings. The highest BCUT2D eigenvalue weighted by Gasteiger charge is 2.19. The van der Waals surface area contributed by atoms with Crippen LogP contribution in [0.3, 0.4) is 0 Å². The maximum Gasteiger partial charge on any atom is 0.265 e. The lowest BCUT2D eigenvalue weighted by Crippen LogP contribution is -2.40. The van der Waals surface area contributed by atoms with Crippen LogP contribution in [-0.4, -0.2) is 25.7 Å². The summed E-state index contributed by atoms with van der Waals surface area (Å²) in [4.78, 5) is 14.5. The number of hydrogen-bond donors (Lipinski definition) is 0. The molecule has 26 heavy (non-hydrogen) atoms. The Hall–Kier alpha value is -3.01. The fourth-order valence-corrected chi connectivity index (χ4v) is 2.95. The van der Waals surface area contributed by atoms with Gasteiger partial charge in [-0.05, 0) is 61.0 Å². The van der Waals surface area contributed by atoms with E-state index in [-0.39, 0.29) is 18.6 Å². The lowest BCUT2D eigenvalue weighted by Gasteiger charge is -2.26. The number of nitrogens with zero attached hydrogens (tertiary/aromatic N) is 1. The van der Waals surface area contributed by atoms with Gasteiger partial charge in [0.25, 0.3) is 5.91 Å². The number of methoxy groups -OCH3 is 1. The first-order valence-electron chi connectivity index (χ1n) is 8.66. The topological polar surface area (TPSA) is 38.8 Å². The molecule has 0 radical (unpaired) electrons. The maximum atomic E-state index is 12.7. The van der Waals surface area contributed by atoms with Crippen LogP contribution in [0.1, 0.15) is 13.8 Å². The fraction of sp³-hybridized carbons (Fsp3) is 0.227. The van der Waals surface area contributed by atoms with E-state index in [1.807, 2.05) is 80.6 Å². The highest BCUT2D eigenvalue weighted by molar-refractivity contribution is 5.95. The van der Waals surface area contributed by atoms with Crippen LogP contribution in [0, 0.1) is 0 Å². The highest BCUT2D eigenvalue weighted by atomic mass is 16.5. The van der Waals surface area contributed by atoms with Gasteiger partial charge in [0.15, 0.2) is 6.61 Å². The summed E-state index contributed by atoms with van der Waals surface area (Å²) in [7, 11) is 1.64. The van der Waals surface area contributed by atoms with Crippen molar-refractivity contribution in [3.05, 3.63) is 66.7 Å². The van der Waals surface area contributed by atoms with Gasteiger partial charge >= 0.3 is 0 Å². The largest absolute Gasteiger partial charge is 0.497 e. The third-order valence-corrected chi connectivity index (χ3v) is 4.20. The van der Waals surface area contributed by atoms with Crippen molar-refractivity contribution in [2.45, 2.75) is 19.9 Å². The Morgan fingerprint density at radius 2 is 1.58 bits per heavy atom. The Morgan fingerprint density at radius 1 is 0.923 bits per heavy atom. The zero-order valence-corrected chi connectivity index (χ0v) is 15.3. The van der Waals surface area contributed by atoms with Crippen molar-refractivity contribution >= 4 is 22.4 Å². The molecule has 0 aromatic heterocycles. The van der Waals surface area contributed by atoms with Crippen LogP contribution in [0.25, 0.3) is 10.8 Å². The summed E-state index contributed by atoms with van der Waals surface area (Å²) in [5.41, 5.74) is 0.874. The maximum absolute atomic E-state index is 12.7. The molecule has 4 heteroatoms.